The van der Waals surface area contributed by atoms with Crippen molar-refractivity contribution in [3.05, 3.63) is 29.6 Å². The first-order chi connectivity index (χ1) is 14.3. The molecule has 3 rings (SSSR count). The van der Waals surface area contributed by atoms with Crippen molar-refractivity contribution in [2.45, 2.75) is 64.5 Å². The van der Waals surface area contributed by atoms with Gasteiger partial charge in [-0.15, -0.1) is 0 Å². The zero-order valence-corrected chi connectivity index (χ0v) is 18.1. The molecule has 7 nitrogen and oxygen atoms in total. The van der Waals surface area contributed by atoms with Gasteiger partial charge in [0.2, 0.25) is 0 Å². The molecule has 2 aliphatic rings. The predicted octanol–water partition coefficient (Wildman–Crippen LogP) is 3.27. The fraction of sp³-hybridized carbons (Fsp3) is 0.636. The van der Waals surface area contributed by atoms with Crippen LogP contribution in [0.15, 0.2) is 18.2 Å². The number of urea groups is 1. The third kappa shape index (κ3) is 5.70. The number of carbonyl (C=O) groups excluding carboxylic acids is 2. The van der Waals surface area contributed by atoms with E-state index in [0.29, 0.717) is 24.8 Å². The standard InChI is InChI=1S/C22H33FN4O3/c1-15(17-9-10-18(23)19(13-17)30-14-16-7-8-16)26-24-11-5-4-6-12-27-21(29)25-20(28)22(27,2)3/h9-10,13,15-16,24,26H,4-8,11-12,14H2,1-3H3,(H,25,28,29). The molecule has 166 valence electrons. The summed E-state index contributed by atoms with van der Waals surface area (Å²) >= 11 is 0. The van der Waals surface area contributed by atoms with Gasteiger partial charge in [-0.25, -0.2) is 9.18 Å². The lowest BCUT2D eigenvalue weighted by Gasteiger charge is -2.27. The molecule has 0 spiro atoms. The second kappa shape index (κ2) is 9.75. The first-order valence-corrected chi connectivity index (χ1v) is 10.8. The van der Waals surface area contributed by atoms with Gasteiger partial charge in [-0.3, -0.25) is 21.0 Å². The Morgan fingerprint density at radius 3 is 2.70 bits per heavy atom. The molecular weight excluding hydrogens is 387 g/mol. The maximum Gasteiger partial charge on any atom is 0.324 e. The second-order valence-corrected chi connectivity index (χ2v) is 8.77. The summed E-state index contributed by atoms with van der Waals surface area (Å²) in [7, 11) is 0. The Morgan fingerprint density at radius 2 is 2.03 bits per heavy atom. The summed E-state index contributed by atoms with van der Waals surface area (Å²) < 4.78 is 19.5. The van der Waals surface area contributed by atoms with Crippen molar-refractivity contribution in [2.75, 3.05) is 19.7 Å². The number of imide groups is 1. The van der Waals surface area contributed by atoms with Crippen LogP contribution in [-0.4, -0.2) is 42.1 Å². The van der Waals surface area contributed by atoms with Gasteiger partial charge in [-0.2, -0.15) is 0 Å². The van der Waals surface area contributed by atoms with E-state index in [-0.39, 0.29) is 23.8 Å². The third-order valence-electron chi connectivity index (χ3n) is 5.82. The average Bonchev–Trinajstić information content (AvgIpc) is 3.50. The number of unbranched alkanes of at least 4 members (excludes halogenated alkanes) is 2. The van der Waals surface area contributed by atoms with Gasteiger partial charge in [0.05, 0.1) is 6.61 Å². The van der Waals surface area contributed by atoms with Gasteiger partial charge in [0.15, 0.2) is 11.6 Å². The smallest absolute Gasteiger partial charge is 0.324 e. The summed E-state index contributed by atoms with van der Waals surface area (Å²) in [4.78, 5) is 25.2. The van der Waals surface area contributed by atoms with Crippen LogP contribution in [0.1, 0.15) is 64.5 Å². The van der Waals surface area contributed by atoms with Crippen molar-refractivity contribution < 1.29 is 18.7 Å². The first kappa shape index (κ1) is 22.5. The summed E-state index contributed by atoms with van der Waals surface area (Å²) in [6.07, 6.45) is 5.05. The summed E-state index contributed by atoms with van der Waals surface area (Å²) in [5, 5.41) is 2.36. The van der Waals surface area contributed by atoms with Gasteiger partial charge >= 0.3 is 6.03 Å². The Kier molecular flexibility index (Phi) is 7.31. The van der Waals surface area contributed by atoms with E-state index >= 15 is 0 Å². The minimum Gasteiger partial charge on any atom is -0.490 e. The maximum atomic E-state index is 13.9. The van der Waals surface area contributed by atoms with Crippen LogP contribution in [0.2, 0.25) is 0 Å². The van der Waals surface area contributed by atoms with Crippen LogP contribution < -0.4 is 20.9 Å². The number of ether oxygens (including phenoxy) is 1. The molecule has 30 heavy (non-hydrogen) atoms. The fourth-order valence-electron chi connectivity index (χ4n) is 3.44. The summed E-state index contributed by atoms with van der Waals surface area (Å²) in [6, 6.07) is 4.69. The summed E-state index contributed by atoms with van der Waals surface area (Å²) in [5.74, 6) is 0.336. The summed E-state index contributed by atoms with van der Waals surface area (Å²) in [5.41, 5.74) is 6.63. The van der Waals surface area contributed by atoms with E-state index in [9.17, 15) is 14.0 Å². The molecule has 8 heteroatoms. The van der Waals surface area contributed by atoms with Crippen molar-refractivity contribution in [3.8, 4) is 5.75 Å². The molecule has 0 radical (unpaired) electrons. The van der Waals surface area contributed by atoms with Gasteiger partial charge in [0.25, 0.3) is 5.91 Å². The van der Waals surface area contributed by atoms with E-state index in [1.54, 1.807) is 30.9 Å². The highest BCUT2D eigenvalue weighted by Gasteiger charge is 2.44. The lowest BCUT2D eigenvalue weighted by Crippen LogP contribution is -2.44. The normalized spacial score (nSPS) is 19.1. The highest BCUT2D eigenvalue weighted by molar-refractivity contribution is 6.06. The van der Waals surface area contributed by atoms with Gasteiger partial charge in [0, 0.05) is 19.1 Å². The van der Waals surface area contributed by atoms with E-state index in [2.05, 4.69) is 16.2 Å². The van der Waals surface area contributed by atoms with Crippen LogP contribution >= 0.6 is 0 Å². The number of amides is 3. The third-order valence-corrected chi connectivity index (χ3v) is 5.82. The van der Waals surface area contributed by atoms with Crippen LogP contribution in [0.4, 0.5) is 9.18 Å². The van der Waals surface area contributed by atoms with Crippen LogP contribution in [0, 0.1) is 11.7 Å². The molecular formula is C22H33FN4O3. The van der Waals surface area contributed by atoms with Crippen LogP contribution in [-0.2, 0) is 4.79 Å². The molecule has 2 fully saturated rings. The Balaban J connectivity index is 1.32. The Hall–Kier alpha value is -2.19. The number of nitrogens with zero attached hydrogens (tertiary/aromatic N) is 1. The maximum absolute atomic E-state index is 13.9. The number of benzene rings is 1. The van der Waals surface area contributed by atoms with E-state index < -0.39 is 5.54 Å². The fourth-order valence-corrected chi connectivity index (χ4v) is 3.44. The molecule has 1 atom stereocenters. The van der Waals surface area contributed by atoms with Gasteiger partial charge in [0.1, 0.15) is 5.54 Å². The zero-order valence-electron chi connectivity index (χ0n) is 18.1. The topological polar surface area (TPSA) is 82.7 Å². The van der Waals surface area contributed by atoms with Crippen LogP contribution in [0.5, 0.6) is 5.75 Å². The molecule has 1 aromatic rings. The van der Waals surface area contributed by atoms with Crippen molar-refractivity contribution >= 4 is 11.9 Å². The molecule has 3 amide bonds. The number of halogens is 1. The summed E-state index contributed by atoms with van der Waals surface area (Å²) in [6.45, 7) is 7.45. The van der Waals surface area contributed by atoms with E-state index in [1.165, 1.54) is 18.9 Å². The quantitative estimate of drug-likeness (QED) is 0.275. The number of hydrazine groups is 1. The number of rotatable bonds is 12. The number of nitrogens with one attached hydrogen (secondary N) is 3. The van der Waals surface area contributed by atoms with E-state index in [0.717, 1.165) is 31.4 Å². The molecule has 3 N–H and O–H groups in total. The average molecular weight is 421 g/mol. The molecule has 1 saturated heterocycles. The van der Waals surface area contributed by atoms with Crippen molar-refractivity contribution in [3.63, 3.8) is 0 Å². The number of hydrogen-bond acceptors (Lipinski definition) is 5. The van der Waals surface area contributed by atoms with Gasteiger partial charge in [-0.05, 0) is 70.1 Å². The molecule has 0 aromatic heterocycles. The SMILES string of the molecule is CC(NNCCCCCN1C(=O)NC(=O)C1(C)C)c1ccc(F)c(OCC2CC2)c1. The van der Waals surface area contributed by atoms with Gasteiger partial charge in [-0.1, -0.05) is 12.5 Å². The predicted molar refractivity (Wildman–Crippen MR) is 112 cm³/mol. The Bertz CT molecular complexity index is 767. The van der Waals surface area contributed by atoms with Gasteiger partial charge < -0.3 is 9.64 Å². The molecule has 1 aromatic carbocycles. The monoisotopic (exact) mass is 420 g/mol. The van der Waals surface area contributed by atoms with Crippen molar-refractivity contribution in [1.29, 1.82) is 0 Å². The minimum absolute atomic E-state index is 0.00832. The van der Waals surface area contributed by atoms with Crippen molar-refractivity contribution in [2.24, 2.45) is 5.92 Å². The van der Waals surface area contributed by atoms with E-state index in [4.69, 9.17) is 4.74 Å². The van der Waals surface area contributed by atoms with Crippen LogP contribution in [0.3, 0.4) is 0 Å². The Morgan fingerprint density at radius 1 is 1.27 bits per heavy atom. The largest absolute Gasteiger partial charge is 0.490 e. The first-order valence-electron chi connectivity index (χ1n) is 10.8. The van der Waals surface area contributed by atoms with Crippen molar-refractivity contribution in [1.82, 2.24) is 21.1 Å². The lowest BCUT2D eigenvalue weighted by molar-refractivity contribution is -0.125. The molecule has 1 unspecified atom stereocenters. The minimum atomic E-state index is -0.775. The number of carbonyl (C=O) groups is 2. The highest BCUT2D eigenvalue weighted by atomic mass is 19.1. The van der Waals surface area contributed by atoms with E-state index in [1.807, 2.05) is 6.92 Å². The second-order valence-electron chi connectivity index (χ2n) is 8.77. The molecule has 1 heterocycles. The lowest BCUT2D eigenvalue weighted by atomic mass is 10.0. The van der Waals surface area contributed by atoms with Crippen LogP contribution in [0.25, 0.3) is 0 Å². The highest BCUT2D eigenvalue weighted by Crippen LogP contribution is 2.31. The molecule has 1 saturated carbocycles. The zero-order chi connectivity index (χ0) is 21.7. The molecule has 1 aliphatic carbocycles. The molecule has 0 bridgehead atoms. The molecule has 1 aliphatic heterocycles. The number of hydrogen-bond donors (Lipinski definition) is 3. The Labute approximate surface area is 177 Å².